The van der Waals surface area contributed by atoms with Crippen LogP contribution in [0.2, 0.25) is 0 Å². The van der Waals surface area contributed by atoms with Crippen molar-refractivity contribution in [2.24, 2.45) is 5.92 Å². The fraction of sp³-hybridized carbons (Fsp3) is 0.214. The molecular formula is C28H23NO7. The Labute approximate surface area is 208 Å². The van der Waals surface area contributed by atoms with Gasteiger partial charge in [-0.2, -0.15) is 5.26 Å². The largest absolute Gasteiger partial charge is 0.454 e. The molecular weight excluding hydrogens is 462 g/mol. The maximum atomic E-state index is 12.9. The number of hydrogen-bond acceptors (Lipinski definition) is 8. The van der Waals surface area contributed by atoms with Crippen molar-refractivity contribution < 1.29 is 33.3 Å². The molecule has 3 aromatic rings. The van der Waals surface area contributed by atoms with E-state index >= 15 is 0 Å². The molecule has 2 unspecified atom stereocenters. The first-order valence-electron chi connectivity index (χ1n) is 11.3. The molecule has 182 valence electrons. The summed E-state index contributed by atoms with van der Waals surface area (Å²) in [5.41, 5.74) is 0.753. The lowest BCUT2D eigenvalue weighted by Crippen LogP contribution is -2.57. The fourth-order valence-electron chi connectivity index (χ4n) is 3.79. The fourth-order valence-corrected chi connectivity index (χ4v) is 3.79. The Balaban J connectivity index is 1.66. The van der Waals surface area contributed by atoms with Crippen LogP contribution in [0.4, 0.5) is 0 Å². The molecule has 8 heteroatoms. The van der Waals surface area contributed by atoms with Gasteiger partial charge in [0.25, 0.3) is 0 Å². The average Bonchev–Trinajstić information content (AvgIpc) is 2.93. The van der Waals surface area contributed by atoms with Gasteiger partial charge in [-0.3, -0.25) is 0 Å². The summed E-state index contributed by atoms with van der Waals surface area (Å²) in [5.74, 6) is -2.86. The third-order valence-corrected chi connectivity index (χ3v) is 5.73. The molecule has 1 saturated heterocycles. The molecule has 1 fully saturated rings. The van der Waals surface area contributed by atoms with Crippen LogP contribution in [-0.4, -0.2) is 42.5 Å². The van der Waals surface area contributed by atoms with Gasteiger partial charge in [-0.15, -0.1) is 0 Å². The lowest BCUT2D eigenvalue weighted by molar-refractivity contribution is -0.252. The first-order valence-corrected chi connectivity index (χ1v) is 11.3. The van der Waals surface area contributed by atoms with Crippen molar-refractivity contribution in [3.8, 4) is 6.07 Å². The van der Waals surface area contributed by atoms with Crippen molar-refractivity contribution in [2.75, 3.05) is 0 Å². The molecule has 36 heavy (non-hydrogen) atoms. The second-order valence-electron chi connectivity index (χ2n) is 8.16. The van der Waals surface area contributed by atoms with E-state index in [9.17, 15) is 19.6 Å². The summed E-state index contributed by atoms with van der Waals surface area (Å²) in [6.45, 7) is 1.63. The van der Waals surface area contributed by atoms with Gasteiger partial charge < -0.3 is 18.9 Å². The van der Waals surface area contributed by atoms with Crippen LogP contribution in [0.3, 0.4) is 0 Å². The van der Waals surface area contributed by atoms with Gasteiger partial charge in [0.15, 0.2) is 12.2 Å². The van der Waals surface area contributed by atoms with Crippen LogP contribution in [0.15, 0.2) is 91.0 Å². The quantitative estimate of drug-likeness (QED) is 0.378. The van der Waals surface area contributed by atoms with Crippen LogP contribution in [0, 0.1) is 17.2 Å². The van der Waals surface area contributed by atoms with Gasteiger partial charge in [-0.25, -0.2) is 14.4 Å². The molecule has 4 rings (SSSR count). The van der Waals surface area contributed by atoms with E-state index in [4.69, 9.17) is 18.9 Å². The van der Waals surface area contributed by atoms with E-state index in [1.807, 2.05) is 6.07 Å². The molecule has 0 amide bonds. The number of carbonyl (C=O) groups excluding carboxylic acids is 3. The summed E-state index contributed by atoms with van der Waals surface area (Å²) in [4.78, 5) is 38.7. The third-order valence-electron chi connectivity index (χ3n) is 5.73. The van der Waals surface area contributed by atoms with Crippen molar-refractivity contribution in [2.45, 2.75) is 31.5 Å². The minimum atomic E-state index is -1.50. The third kappa shape index (κ3) is 5.59. The summed E-state index contributed by atoms with van der Waals surface area (Å²) in [6, 6.07) is 26.6. The Morgan fingerprint density at radius 3 is 1.47 bits per heavy atom. The van der Waals surface area contributed by atoms with Gasteiger partial charge in [0, 0.05) is 5.92 Å². The summed E-state index contributed by atoms with van der Waals surface area (Å²) >= 11 is 0. The SMILES string of the molecule is C[C@@H]1C(C#N)O[C@@H](OC(=O)c2ccccc2)C(OC(=O)c2ccccc2)[C@@H]1OC(=O)c1ccccc1. The molecule has 0 N–H and O–H groups in total. The molecule has 0 aromatic heterocycles. The first kappa shape index (κ1) is 24.6. The molecule has 1 aliphatic rings. The van der Waals surface area contributed by atoms with Crippen LogP contribution < -0.4 is 0 Å². The predicted molar refractivity (Wildman–Crippen MR) is 127 cm³/mol. The van der Waals surface area contributed by atoms with Gasteiger partial charge in [0.05, 0.1) is 22.8 Å². The van der Waals surface area contributed by atoms with Crippen molar-refractivity contribution in [1.82, 2.24) is 0 Å². The van der Waals surface area contributed by atoms with Crippen molar-refractivity contribution in [3.05, 3.63) is 108 Å². The summed E-state index contributed by atoms with van der Waals surface area (Å²) in [6.07, 6.45) is -5.08. The lowest BCUT2D eigenvalue weighted by atomic mass is 9.90. The Morgan fingerprint density at radius 1 is 0.667 bits per heavy atom. The number of nitriles is 1. The topological polar surface area (TPSA) is 112 Å². The minimum absolute atomic E-state index is 0.235. The van der Waals surface area contributed by atoms with Crippen LogP contribution in [0.25, 0.3) is 0 Å². The molecule has 1 aliphatic heterocycles. The molecule has 8 nitrogen and oxygen atoms in total. The van der Waals surface area contributed by atoms with Gasteiger partial charge >= 0.3 is 17.9 Å². The van der Waals surface area contributed by atoms with E-state index in [2.05, 4.69) is 0 Å². The lowest BCUT2D eigenvalue weighted by Gasteiger charge is -2.41. The summed E-state index contributed by atoms with van der Waals surface area (Å²) < 4.78 is 22.7. The van der Waals surface area contributed by atoms with E-state index in [1.165, 1.54) is 0 Å². The van der Waals surface area contributed by atoms with E-state index in [1.54, 1.807) is 97.9 Å². The number of esters is 3. The molecule has 0 spiro atoms. The zero-order valence-corrected chi connectivity index (χ0v) is 19.4. The van der Waals surface area contributed by atoms with Gasteiger partial charge in [-0.1, -0.05) is 61.5 Å². The van der Waals surface area contributed by atoms with Gasteiger partial charge in [0.2, 0.25) is 12.4 Å². The molecule has 5 atom stereocenters. The van der Waals surface area contributed by atoms with Gasteiger partial charge in [0.1, 0.15) is 0 Å². The van der Waals surface area contributed by atoms with Crippen LogP contribution >= 0.6 is 0 Å². The highest BCUT2D eigenvalue weighted by molar-refractivity contribution is 5.91. The van der Waals surface area contributed by atoms with Crippen LogP contribution in [-0.2, 0) is 18.9 Å². The number of rotatable bonds is 6. The second kappa shape index (κ2) is 11.3. The smallest absolute Gasteiger partial charge is 0.340 e. The summed E-state index contributed by atoms with van der Waals surface area (Å²) in [5, 5.41) is 9.68. The Hall–Kier alpha value is -4.48. The highest BCUT2D eigenvalue weighted by Crippen LogP contribution is 2.32. The van der Waals surface area contributed by atoms with Crippen molar-refractivity contribution in [3.63, 3.8) is 0 Å². The number of benzene rings is 3. The molecule has 0 radical (unpaired) electrons. The number of nitrogens with zero attached hydrogens (tertiary/aromatic N) is 1. The maximum Gasteiger partial charge on any atom is 0.340 e. The van der Waals surface area contributed by atoms with Crippen molar-refractivity contribution in [1.29, 1.82) is 5.26 Å². The zero-order chi connectivity index (χ0) is 25.5. The molecule has 0 bridgehead atoms. The number of hydrogen-bond donors (Lipinski definition) is 0. The zero-order valence-electron chi connectivity index (χ0n) is 19.4. The summed E-state index contributed by atoms with van der Waals surface area (Å²) in [7, 11) is 0. The molecule has 1 heterocycles. The van der Waals surface area contributed by atoms with E-state index < -0.39 is 48.4 Å². The highest BCUT2D eigenvalue weighted by atomic mass is 16.7. The minimum Gasteiger partial charge on any atom is -0.454 e. The maximum absolute atomic E-state index is 12.9. The van der Waals surface area contributed by atoms with Crippen LogP contribution in [0.1, 0.15) is 38.0 Å². The highest BCUT2D eigenvalue weighted by Gasteiger charge is 2.50. The standard InChI is InChI=1S/C28H23NO7/c1-18-22(17-29)33-28(36-27(32)21-15-9-4-10-16-21)24(35-26(31)20-13-7-3-8-14-20)23(18)34-25(30)19-11-5-2-6-12-19/h2-16,18,22-24,28H,1H3/t18-,22?,23-,24?,28+/m1/s1. The molecule has 0 aliphatic carbocycles. The van der Waals surface area contributed by atoms with E-state index in [0.29, 0.717) is 0 Å². The van der Waals surface area contributed by atoms with E-state index in [-0.39, 0.29) is 16.7 Å². The Kier molecular flexibility index (Phi) is 7.73. The Morgan fingerprint density at radius 2 is 1.06 bits per heavy atom. The van der Waals surface area contributed by atoms with Crippen LogP contribution in [0.5, 0.6) is 0 Å². The van der Waals surface area contributed by atoms with Crippen molar-refractivity contribution >= 4 is 17.9 Å². The molecule has 3 aromatic carbocycles. The predicted octanol–water partition coefficient (Wildman–Crippen LogP) is 4.18. The van der Waals surface area contributed by atoms with E-state index in [0.717, 1.165) is 0 Å². The number of carbonyl (C=O) groups is 3. The normalized spacial score (nSPS) is 23.1. The van der Waals surface area contributed by atoms with Gasteiger partial charge in [-0.05, 0) is 36.4 Å². The Bertz CT molecular complexity index is 1240. The molecule has 0 saturated carbocycles. The number of ether oxygens (including phenoxy) is 4. The second-order valence-corrected chi connectivity index (χ2v) is 8.16. The average molecular weight is 485 g/mol. The monoisotopic (exact) mass is 485 g/mol. The first-order chi connectivity index (χ1) is 17.5.